The van der Waals surface area contributed by atoms with E-state index in [0.29, 0.717) is 13.0 Å². The van der Waals surface area contributed by atoms with Crippen LogP contribution in [0.4, 0.5) is 0 Å². The number of rotatable bonds is 6. The summed E-state index contributed by atoms with van der Waals surface area (Å²) < 4.78 is 5.48. The highest BCUT2D eigenvalue weighted by Gasteiger charge is 2.40. The summed E-state index contributed by atoms with van der Waals surface area (Å²) in [5.74, 6) is 0.0000943. The number of ether oxygens (including phenoxy) is 1. The average Bonchev–Trinajstić information content (AvgIpc) is 2.50. The third-order valence-electron chi connectivity index (χ3n) is 4.40. The Morgan fingerprint density at radius 3 is 2.61 bits per heavy atom. The van der Waals surface area contributed by atoms with E-state index in [1.807, 2.05) is 58.0 Å². The van der Waals surface area contributed by atoms with Gasteiger partial charge < -0.3 is 4.74 Å². The van der Waals surface area contributed by atoms with Crippen molar-refractivity contribution in [2.45, 2.75) is 58.1 Å². The molecule has 1 aromatic carbocycles. The van der Waals surface area contributed by atoms with Gasteiger partial charge in [0, 0.05) is 19.4 Å². The minimum Gasteiger partial charge on any atom is -0.457 e. The van der Waals surface area contributed by atoms with Crippen LogP contribution in [0.2, 0.25) is 0 Å². The van der Waals surface area contributed by atoms with Gasteiger partial charge in [-0.3, -0.25) is 14.5 Å². The number of carbonyl (C=O) groups is 2. The lowest BCUT2D eigenvalue weighted by Crippen LogP contribution is -2.57. The maximum Gasteiger partial charge on any atom is 0.324 e. The zero-order chi connectivity index (χ0) is 17.0. The molecule has 0 spiro atoms. The number of likely N-dealkylation sites (N-methyl/N-ethyl adjacent to an activating group) is 1. The zero-order valence-electron chi connectivity index (χ0n) is 14.5. The summed E-state index contributed by atoms with van der Waals surface area (Å²) in [4.78, 5) is 26.7. The molecule has 1 heterocycles. The fraction of sp³-hybridized carbons (Fsp3) is 0.579. The minimum absolute atomic E-state index is 0.112. The second-order valence-electron chi connectivity index (χ2n) is 7.02. The van der Waals surface area contributed by atoms with Crippen LogP contribution in [0.5, 0.6) is 0 Å². The molecular formula is C19H27NO3. The van der Waals surface area contributed by atoms with Crippen molar-refractivity contribution >= 4 is 11.8 Å². The fourth-order valence-corrected chi connectivity index (χ4v) is 3.21. The van der Waals surface area contributed by atoms with Crippen LogP contribution in [-0.2, 0) is 14.3 Å². The van der Waals surface area contributed by atoms with E-state index in [1.54, 1.807) is 0 Å². The summed E-state index contributed by atoms with van der Waals surface area (Å²) in [5, 5.41) is 0. The van der Waals surface area contributed by atoms with Crippen LogP contribution < -0.4 is 0 Å². The first kappa shape index (κ1) is 17.7. The van der Waals surface area contributed by atoms with Crippen molar-refractivity contribution in [2.75, 3.05) is 13.1 Å². The number of Topliss-reactive ketones (excluding diaryl/α,β-unsaturated/α-hetero) is 1. The van der Waals surface area contributed by atoms with E-state index < -0.39 is 11.6 Å². The van der Waals surface area contributed by atoms with Crippen molar-refractivity contribution in [3.05, 3.63) is 35.9 Å². The molecule has 1 aliphatic heterocycles. The predicted molar refractivity (Wildman–Crippen MR) is 90.3 cm³/mol. The molecule has 1 fully saturated rings. The van der Waals surface area contributed by atoms with Gasteiger partial charge in [0.25, 0.3) is 0 Å². The van der Waals surface area contributed by atoms with Crippen molar-refractivity contribution in [3.8, 4) is 0 Å². The maximum absolute atomic E-state index is 12.4. The van der Waals surface area contributed by atoms with Crippen molar-refractivity contribution in [3.63, 3.8) is 0 Å². The molecule has 0 saturated carbocycles. The number of cyclic esters (lactones) is 1. The van der Waals surface area contributed by atoms with Crippen LogP contribution in [0.15, 0.2) is 30.3 Å². The molecule has 0 amide bonds. The minimum atomic E-state index is -0.482. The zero-order valence-corrected chi connectivity index (χ0v) is 14.5. The van der Waals surface area contributed by atoms with Gasteiger partial charge in [0.2, 0.25) is 0 Å². The molecule has 4 heteroatoms. The molecule has 23 heavy (non-hydrogen) atoms. The Hall–Kier alpha value is -1.68. The van der Waals surface area contributed by atoms with Gasteiger partial charge in [-0.15, -0.1) is 0 Å². The van der Waals surface area contributed by atoms with Gasteiger partial charge in [-0.2, -0.15) is 0 Å². The molecule has 2 unspecified atom stereocenters. The highest BCUT2D eigenvalue weighted by molar-refractivity contribution is 5.87. The largest absolute Gasteiger partial charge is 0.457 e. The number of morpholine rings is 1. The van der Waals surface area contributed by atoms with Gasteiger partial charge in [0.05, 0.1) is 0 Å². The Bertz CT molecular complexity index is 553. The molecule has 2 rings (SSSR count). The van der Waals surface area contributed by atoms with Crippen LogP contribution >= 0.6 is 0 Å². The van der Waals surface area contributed by atoms with Crippen LogP contribution in [0.3, 0.4) is 0 Å². The van der Waals surface area contributed by atoms with E-state index >= 15 is 0 Å². The summed E-state index contributed by atoms with van der Waals surface area (Å²) in [6, 6.07) is 9.56. The third kappa shape index (κ3) is 4.64. The second kappa shape index (κ2) is 7.26. The molecule has 1 saturated heterocycles. The summed E-state index contributed by atoms with van der Waals surface area (Å²) >= 11 is 0. The van der Waals surface area contributed by atoms with Crippen molar-refractivity contribution in [1.82, 2.24) is 4.90 Å². The van der Waals surface area contributed by atoms with Gasteiger partial charge in [-0.25, -0.2) is 0 Å². The van der Waals surface area contributed by atoms with E-state index in [9.17, 15) is 9.59 Å². The Balaban J connectivity index is 1.97. The van der Waals surface area contributed by atoms with Gasteiger partial charge in [-0.05, 0) is 31.9 Å². The van der Waals surface area contributed by atoms with E-state index in [2.05, 4.69) is 4.90 Å². The Morgan fingerprint density at radius 1 is 1.35 bits per heavy atom. The average molecular weight is 317 g/mol. The molecule has 126 valence electrons. The molecular weight excluding hydrogens is 290 g/mol. The molecule has 0 aromatic heterocycles. The lowest BCUT2D eigenvalue weighted by atomic mass is 9.92. The first-order valence-corrected chi connectivity index (χ1v) is 8.36. The number of benzene rings is 1. The lowest BCUT2D eigenvalue weighted by molar-refractivity contribution is -0.178. The lowest BCUT2D eigenvalue weighted by Gasteiger charge is -2.41. The number of carbonyl (C=O) groups excluding carboxylic acids is 2. The summed E-state index contributed by atoms with van der Waals surface area (Å²) in [7, 11) is 0. The molecule has 0 N–H and O–H groups in total. The van der Waals surface area contributed by atoms with E-state index in [1.165, 1.54) is 0 Å². The van der Waals surface area contributed by atoms with E-state index in [0.717, 1.165) is 12.1 Å². The second-order valence-corrected chi connectivity index (χ2v) is 7.02. The number of esters is 1. The molecule has 2 atom stereocenters. The maximum atomic E-state index is 12.4. The Kier molecular flexibility index (Phi) is 5.58. The number of hydrogen-bond acceptors (Lipinski definition) is 4. The number of hydrogen-bond donors (Lipinski definition) is 0. The monoisotopic (exact) mass is 317 g/mol. The summed E-state index contributed by atoms with van der Waals surface area (Å²) in [6.07, 6.45) is 0.689. The van der Waals surface area contributed by atoms with Crippen LogP contribution in [-0.4, -0.2) is 41.4 Å². The van der Waals surface area contributed by atoms with Crippen molar-refractivity contribution in [1.29, 1.82) is 0 Å². The van der Waals surface area contributed by atoms with E-state index in [4.69, 9.17) is 4.74 Å². The molecule has 0 radical (unpaired) electrons. The number of ketones is 1. The van der Waals surface area contributed by atoms with Gasteiger partial charge in [0.15, 0.2) is 0 Å². The molecule has 1 aliphatic rings. The van der Waals surface area contributed by atoms with Gasteiger partial charge in [-0.1, -0.05) is 44.2 Å². The Labute approximate surface area is 138 Å². The highest BCUT2D eigenvalue weighted by Crippen LogP contribution is 2.25. The standard InChI is InChI=1S/C19H27NO3/c1-5-20-13-19(3,4)23-18(22)17(20)12-16(21)11-14(2)15-9-7-6-8-10-15/h6-10,14,17H,5,11-13H2,1-4H3. The van der Waals surface area contributed by atoms with Crippen molar-refractivity contribution < 1.29 is 14.3 Å². The Morgan fingerprint density at radius 2 is 2.00 bits per heavy atom. The summed E-state index contributed by atoms with van der Waals surface area (Å²) in [6.45, 7) is 9.28. The SMILES string of the molecule is CCN1CC(C)(C)OC(=O)C1CC(=O)CC(C)c1ccccc1. The molecule has 1 aromatic rings. The topological polar surface area (TPSA) is 46.6 Å². The fourth-order valence-electron chi connectivity index (χ4n) is 3.21. The first-order chi connectivity index (χ1) is 10.8. The van der Waals surface area contributed by atoms with Crippen LogP contribution in [0.1, 0.15) is 52.0 Å². The smallest absolute Gasteiger partial charge is 0.324 e. The molecule has 0 aliphatic carbocycles. The number of nitrogens with zero attached hydrogens (tertiary/aromatic N) is 1. The molecule has 0 bridgehead atoms. The normalized spacial score (nSPS) is 22.4. The van der Waals surface area contributed by atoms with Crippen LogP contribution in [0.25, 0.3) is 0 Å². The molecule has 4 nitrogen and oxygen atoms in total. The quantitative estimate of drug-likeness (QED) is 0.756. The van der Waals surface area contributed by atoms with Gasteiger partial charge in [0.1, 0.15) is 17.4 Å². The van der Waals surface area contributed by atoms with Gasteiger partial charge >= 0.3 is 5.97 Å². The highest BCUT2D eigenvalue weighted by atomic mass is 16.6. The predicted octanol–water partition coefficient (Wildman–Crippen LogP) is 3.17. The first-order valence-electron chi connectivity index (χ1n) is 8.36. The van der Waals surface area contributed by atoms with E-state index in [-0.39, 0.29) is 24.1 Å². The summed E-state index contributed by atoms with van der Waals surface area (Å²) in [5.41, 5.74) is 0.671. The third-order valence-corrected chi connectivity index (χ3v) is 4.40. The van der Waals surface area contributed by atoms with Crippen LogP contribution in [0, 0.1) is 0 Å². The van der Waals surface area contributed by atoms with Crippen molar-refractivity contribution in [2.24, 2.45) is 0 Å².